The molecule has 4 heterocycles. The van der Waals surface area contributed by atoms with Gasteiger partial charge in [-0.1, -0.05) is 84.9 Å². The van der Waals surface area contributed by atoms with Gasteiger partial charge in [0, 0.05) is 12.1 Å². The molecule has 316 valence electrons. The minimum atomic E-state index is -0.861. The Morgan fingerprint density at radius 3 is 1.79 bits per heavy atom. The highest BCUT2D eigenvalue weighted by Crippen LogP contribution is 2.55. The summed E-state index contributed by atoms with van der Waals surface area (Å²) in [5, 5.41) is 2.76. The molecule has 2 saturated carbocycles. The molecule has 2 saturated heterocycles. The fraction of sp³-hybridized carbons (Fsp3) is 0.333. The molecule has 0 spiro atoms. The molecule has 2 aliphatic heterocycles. The van der Waals surface area contributed by atoms with Crippen molar-refractivity contribution in [2.45, 2.75) is 74.8 Å². The van der Waals surface area contributed by atoms with Gasteiger partial charge in [0.1, 0.15) is 17.7 Å². The first-order valence-corrected chi connectivity index (χ1v) is 21.3. The van der Waals surface area contributed by atoms with Crippen molar-refractivity contribution in [3.8, 4) is 0 Å². The van der Waals surface area contributed by atoms with Crippen molar-refractivity contribution < 1.29 is 28.9 Å². The van der Waals surface area contributed by atoms with E-state index < -0.39 is 18.2 Å². The Hall–Kier alpha value is -6.80. The van der Waals surface area contributed by atoms with Gasteiger partial charge < -0.3 is 34.7 Å². The number of likely N-dealkylation sites (tertiary alicyclic amines) is 2. The number of hydrogen-bond acceptors (Lipinski definition) is 9. The number of aliphatic imine (C=N–C) groups is 1. The van der Waals surface area contributed by atoms with Crippen LogP contribution in [-0.4, -0.2) is 80.3 Å². The van der Waals surface area contributed by atoms with Crippen molar-refractivity contribution in [3.05, 3.63) is 143 Å². The van der Waals surface area contributed by atoms with Crippen molar-refractivity contribution >= 4 is 46.4 Å². The predicted octanol–water partition coefficient (Wildman–Crippen LogP) is 7.55. The number of piperidine rings is 2. The number of aromatic nitrogens is 4. The number of imidazole rings is 2. The molecule has 14 heteroatoms. The van der Waals surface area contributed by atoms with Crippen molar-refractivity contribution in [3.63, 3.8) is 0 Å². The first kappa shape index (κ1) is 39.3. The van der Waals surface area contributed by atoms with Crippen LogP contribution < -0.4 is 5.32 Å². The Morgan fingerprint density at radius 2 is 1.26 bits per heavy atom. The molecule has 4 fully saturated rings. The number of nitrogens with zero attached hydrogens (tertiary/aromatic N) is 5. The molecule has 3 amide bonds. The molecule has 6 aromatic rings. The van der Waals surface area contributed by atoms with Crippen molar-refractivity contribution in [1.29, 1.82) is 0 Å². The van der Waals surface area contributed by atoms with Crippen LogP contribution in [0.5, 0.6) is 0 Å². The van der Waals surface area contributed by atoms with Crippen molar-refractivity contribution in [1.82, 2.24) is 35.1 Å². The molecule has 62 heavy (non-hydrogen) atoms. The fourth-order valence-corrected chi connectivity index (χ4v) is 9.65. The minimum Gasteiger partial charge on any atom is -0.453 e. The number of amides is 3. The van der Waals surface area contributed by atoms with Crippen LogP contribution in [0.4, 0.5) is 4.79 Å². The lowest BCUT2D eigenvalue weighted by atomic mass is 10.0. The summed E-state index contributed by atoms with van der Waals surface area (Å²) in [6.07, 6.45) is 10.0. The number of hydrogen-bond donors (Lipinski definition) is 3. The zero-order valence-electron chi connectivity index (χ0n) is 34.5. The maximum atomic E-state index is 14.2. The number of H-pyrrole nitrogens is 2. The second kappa shape index (κ2) is 16.6. The summed E-state index contributed by atoms with van der Waals surface area (Å²) in [7, 11) is 2.70. The number of aromatic amines is 2. The van der Waals surface area contributed by atoms with Gasteiger partial charge in [-0.05, 0) is 96.9 Å². The first-order chi connectivity index (χ1) is 30.4. The molecule has 2 aromatic heterocycles. The third kappa shape index (κ3) is 7.70. The second-order valence-electron chi connectivity index (χ2n) is 16.8. The van der Waals surface area contributed by atoms with Gasteiger partial charge in [-0.15, -0.1) is 0 Å². The molecule has 4 aliphatic rings. The summed E-state index contributed by atoms with van der Waals surface area (Å²) in [6.45, 7) is 0. The maximum Gasteiger partial charge on any atom is 0.407 e. The minimum absolute atomic E-state index is 0.0760. The van der Waals surface area contributed by atoms with Crippen LogP contribution in [0.2, 0.25) is 0 Å². The number of benzene rings is 4. The summed E-state index contributed by atoms with van der Waals surface area (Å²) in [6, 6.07) is 29.7. The monoisotopic (exact) mass is 832 g/mol. The molecule has 0 radical (unpaired) electrons. The Kier molecular flexibility index (Phi) is 10.5. The van der Waals surface area contributed by atoms with E-state index in [0.717, 1.165) is 88.9 Å². The van der Waals surface area contributed by atoms with Crippen LogP contribution in [0.15, 0.2) is 114 Å². The highest BCUT2D eigenvalue weighted by molar-refractivity contribution is 5.88. The summed E-state index contributed by atoms with van der Waals surface area (Å²) in [5.41, 5.74) is 7.38. The molecule has 3 N–H and O–H groups in total. The predicted molar refractivity (Wildman–Crippen MR) is 231 cm³/mol. The normalized spacial score (nSPS) is 23.5. The van der Waals surface area contributed by atoms with Crippen LogP contribution in [0, 0.1) is 11.8 Å². The zero-order chi connectivity index (χ0) is 42.3. The Labute approximate surface area is 358 Å². The van der Waals surface area contributed by atoms with E-state index in [2.05, 4.69) is 56.7 Å². The van der Waals surface area contributed by atoms with E-state index in [1.54, 1.807) is 0 Å². The van der Waals surface area contributed by atoms with E-state index in [0.29, 0.717) is 17.4 Å². The number of allylic oxidation sites excluding steroid dienone is 2. The van der Waals surface area contributed by atoms with Crippen molar-refractivity contribution in [2.24, 2.45) is 16.8 Å². The summed E-state index contributed by atoms with van der Waals surface area (Å²) in [4.78, 5) is 75.7. The Balaban J connectivity index is 0.800. The smallest absolute Gasteiger partial charge is 0.407 e. The topological polar surface area (TPSA) is 167 Å². The number of carbonyl (C=O) groups is 3. The van der Waals surface area contributed by atoms with E-state index in [9.17, 15) is 14.4 Å². The average molecular weight is 833 g/mol. The number of rotatable bonds is 14. The van der Waals surface area contributed by atoms with Gasteiger partial charge in [-0.25, -0.2) is 19.8 Å². The van der Waals surface area contributed by atoms with Gasteiger partial charge in [-0.2, -0.15) is 4.89 Å². The molecule has 14 nitrogen and oxygen atoms in total. The highest BCUT2D eigenvalue weighted by Gasteiger charge is 2.57. The number of fused-ring (bicyclic) bond motifs is 4. The third-order valence-electron chi connectivity index (χ3n) is 12.9. The van der Waals surface area contributed by atoms with Crippen LogP contribution in [0.25, 0.3) is 22.1 Å². The summed E-state index contributed by atoms with van der Waals surface area (Å²) in [5.74, 6) is 2.20. The molecule has 4 aromatic carbocycles. The van der Waals surface area contributed by atoms with Gasteiger partial charge in [-0.3, -0.25) is 9.59 Å². The number of nitrogens with one attached hydrogen (secondary N) is 3. The van der Waals surface area contributed by atoms with Crippen LogP contribution in [0.1, 0.15) is 83.8 Å². The van der Waals surface area contributed by atoms with E-state index in [4.69, 9.17) is 24.5 Å². The summed E-state index contributed by atoms with van der Waals surface area (Å²) >= 11 is 0. The van der Waals surface area contributed by atoms with Gasteiger partial charge in [0.2, 0.25) is 6.40 Å². The van der Waals surface area contributed by atoms with Crippen LogP contribution in [-0.2, 0) is 36.9 Å². The molecule has 8 atom stereocenters. The number of ether oxygens (including phenoxy) is 1. The standard InChI is InChI=1S/C48H48N8O6/c1-60-48(59)54-43(31-15-7-4-8-16-31)47(58)56-39-24-33(39)26-41(56)45-51-35-20-18-29(22-37(35)53-45)12-10-9-11-28-17-19-34-36(21-28)52-44(50-34)40-25-32-23-38(32)55(40)46(57)42(49-27-62-61-2)30-13-5-3-6-14-30/h3-10,13-22,27,32-33,38-43H,11-12,23-26H2,1-2H3,(H,50,52)(H,51,53)(H,54,59)/b10-9+,49-27?/t32-,33-,38-,39-,40-,41-,42+,43+/m0/s1. The largest absolute Gasteiger partial charge is 0.453 e. The third-order valence-corrected chi connectivity index (χ3v) is 12.9. The second-order valence-corrected chi connectivity index (χ2v) is 16.8. The fourth-order valence-electron chi connectivity index (χ4n) is 9.65. The van der Waals surface area contributed by atoms with Crippen molar-refractivity contribution in [2.75, 3.05) is 14.2 Å². The molecular formula is C48H48N8O6. The lowest BCUT2D eigenvalue weighted by Gasteiger charge is -2.30. The van der Waals surface area contributed by atoms with Crippen LogP contribution >= 0.6 is 0 Å². The molecular weight excluding hydrogens is 785 g/mol. The molecule has 10 rings (SSSR count). The number of alkyl carbamates (subject to hydrolysis) is 1. The molecule has 2 aliphatic carbocycles. The van der Waals surface area contributed by atoms with E-state index in [1.807, 2.05) is 82.6 Å². The number of carbonyl (C=O) groups excluding carboxylic acids is 3. The number of methoxy groups -OCH3 is 1. The maximum absolute atomic E-state index is 14.2. The SMILES string of the molecule is COOC=N[C@@H](C(=O)N1[C@H](c2nc3ccc(C/C=C/Cc4ccc5nc([C@@H]6C[C@@H]7C[C@@H]7N6C(=O)[C@H](NC(=O)OC)c6ccccc6)[nH]c5c4)cc3[nH]2)C[C@@H]2C[C@@H]21)c1ccccc1. The summed E-state index contributed by atoms with van der Waals surface area (Å²) < 4.78 is 4.88. The lowest BCUT2D eigenvalue weighted by molar-refractivity contribution is -0.188. The Bertz CT molecular complexity index is 2680. The molecule has 0 bridgehead atoms. The molecule has 0 unspecified atom stereocenters. The van der Waals surface area contributed by atoms with E-state index >= 15 is 0 Å². The average Bonchev–Trinajstić information content (AvgIpc) is 3.96. The zero-order valence-corrected chi connectivity index (χ0v) is 34.5. The van der Waals surface area contributed by atoms with E-state index in [1.165, 1.54) is 20.6 Å². The van der Waals surface area contributed by atoms with E-state index in [-0.39, 0.29) is 36.0 Å². The van der Waals surface area contributed by atoms with Gasteiger partial charge >= 0.3 is 6.09 Å². The lowest BCUT2D eigenvalue weighted by Crippen LogP contribution is -2.44. The van der Waals surface area contributed by atoms with Gasteiger partial charge in [0.25, 0.3) is 11.8 Å². The first-order valence-electron chi connectivity index (χ1n) is 21.3. The van der Waals surface area contributed by atoms with Gasteiger partial charge in [0.15, 0.2) is 6.04 Å². The Morgan fingerprint density at radius 1 is 0.726 bits per heavy atom. The van der Waals surface area contributed by atoms with Crippen LogP contribution in [0.3, 0.4) is 0 Å². The highest BCUT2D eigenvalue weighted by atomic mass is 17.2. The van der Waals surface area contributed by atoms with Gasteiger partial charge in [0.05, 0.1) is 48.4 Å². The quantitative estimate of drug-likeness (QED) is 0.0333.